The number of carbonyl (C=O) groups is 2. The molecular formula is C19H27N7O3. The molecule has 0 unspecified atom stereocenters. The minimum absolute atomic E-state index is 0.0242. The van der Waals surface area contributed by atoms with E-state index in [9.17, 15) is 9.59 Å². The molecule has 2 saturated heterocycles. The van der Waals surface area contributed by atoms with E-state index in [1.807, 2.05) is 11.8 Å². The number of ether oxygens (including phenoxy) is 1. The summed E-state index contributed by atoms with van der Waals surface area (Å²) in [7, 11) is 0. The predicted octanol–water partition coefficient (Wildman–Crippen LogP) is 0.519. The maximum absolute atomic E-state index is 12.8. The quantitative estimate of drug-likeness (QED) is 0.724. The van der Waals surface area contributed by atoms with Gasteiger partial charge in [0.15, 0.2) is 5.69 Å². The van der Waals surface area contributed by atoms with Crippen molar-refractivity contribution in [3.05, 3.63) is 29.8 Å². The highest BCUT2D eigenvalue weighted by atomic mass is 16.5. The Labute approximate surface area is 169 Å². The van der Waals surface area contributed by atoms with Crippen LogP contribution in [0.5, 0.6) is 0 Å². The van der Waals surface area contributed by atoms with Crippen LogP contribution in [0, 0.1) is 5.92 Å². The zero-order valence-corrected chi connectivity index (χ0v) is 16.7. The van der Waals surface area contributed by atoms with Gasteiger partial charge in [0.1, 0.15) is 0 Å². The van der Waals surface area contributed by atoms with Crippen molar-refractivity contribution in [2.75, 3.05) is 39.4 Å². The Morgan fingerprint density at radius 2 is 1.93 bits per heavy atom. The van der Waals surface area contributed by atoms with Gasteiger partial charge in [-0.25, -0.2) is 0 Å². The van der Waals surface area contributed by atoms with Crippen molar-refractivity contribution in [1.29, 1.82) is 0 Å². The van der Waals surface area contributed by atoms with E-state index in [2.05, 4.69) is 15.4 Å². The molecule has 0 N–H and O–H groups in total. The monoisotopic (exact) mass is 401 g/mol. The second-order valence-corrected chi connectivity index (χ2v) is 7.57. The molecule has 10 nitrogen and oxygen atoms in total. The summed E-state index contributed by atoms with van der Waals surface area (Å²) in [5.41, 5.74) is 0.995. The number of likely N-dealkylation sites (tertiary alicyclic amines) is 1. The maximum atomic E-state index is 12.8. The van der Waals surface area contributed by atoms with Crippen molar-refractivity contribution in [3.63, 3.8) is 0 Å². The largest absolute Gasteiger partial charge is 0.378 e. The summed E-state index contributed by atoms with van der Waals surface area (Å²) in [5, 5.41) is 12.4. The minimum Gasteiger partial charge on any atom is -0.378 e. The first kappa shape index (κ1) is 19.6. The molecule has 0 spiro atoms. The highest BCUT2D eigenvalue weighted by Gasteiger charge is 2.27. The van der Waals surface area contributed by atoms with Crippen LogP contribution in [-0.2, 0) is 17.8 Å². The Morgan fingerprint density at radius 3 is 2.69 bits per heavy atom. The first-order valence-electron chi connectivity index (χ1n) is 10.2. The molecule has 4 rings (SSSR count). The normalized spacial score (nSPS) is 20.1. The lowest BCUT2D eigenvalue weighted by molar-refractivity contribution is 0.0299. The summed E-state index contributed by atoms with van der Waals surface area (Å²) < 4.78 is 8.77. The molecule has 0 saturated carbocycles. The molecule has 29 heavy (non-hydrogen) atoms. The zero-order valence-electron chi connectivity index (χ0n) is 16.7. The molecule has 156 valence electrons. The summed E-state index contributed by atoms with van der Waals surface area (Å²) in [6, 6.07) is 0. The van der Waals surface area contributed by atoms with E-state index in [1.54, 1.807) is 32.9 Å². The molecule has 2 aliphatic rings. The van der Waals surface area contributed by atoms with Crippen LogP contribution >= 0.6 is 0 Å². The van der Waals surface area contributed by atoms with Gasteiger partial charge in [0, 0.05) is 45.5 Å². The van der Waals surface area contributed by atoms with Gasteiger partial charge in [-0.05, 0) is 25.7 Å². The van der Waals surface area contributed by atoms with Crippen LogP contribution in [0.1, 0.15) is 40.6 Å². The lowest BCUT2D eigenvalue weighted by Gasteiger charge is -2.32. The Kier molecular flexibility index (Phi) is 5.89. The molecule has 10 heteroatoms. The number of rotatable bonds is 5. The summed E-state index contributed by atoms with van der Waals surface area (Å²) in [6.07, 6.45) is 7.12. The molecule has 2 aliphatic heterocycles. The van der Waals surface area contributed by atoms with Crippen molar-refractivity contribution in [1.82, 2.24) is 34.6 Å². The van der Waals surface area contributed by atoms with Gasteiger partial charge in [-0.1, -0.05) is 5.21 Å². The third-order valence-electron chi connectivity index (χ3n) is 5.51. The standard InChI is InChI=1S/C19H27N7O3/c1-2-25-13-16(10-20-25)18(27)24-5-3-4-15(11-24)12-26-14-17(21-22-26)19(28)23-6-8-29-9-7-23/h10,13-15H,2-9,11-12H2,1H3/t15-/m0/s1. The minimum atomic E-state index is -0.104. The van der Waals surface area contributed by atoms with Gasteiger partial charge < -0.3 is 14.5 Å². The summed E-state index contributed by atoms with van der Waals surface area (Å²) >= 11 is 0. The Bertz CT molecular complexity index is 856. The van der Waals surface area contributed by atoms with E-state index in [1.165, 1.54) is 0 Å². The fourth-order valence-corrected chi connectivity index (χ4v) is 3.91. The highest BCUT2D eigenvalue weighted by Crippen LogP contribution is 2.20. The SMILES string of the molecule is CCn1cc(C(=O)N2CCC[C@H](Cn3cc(C(=O)N4CCOCC4)nn3)C2)cn1. The van der Waals surface area contributed by atoms with Crippen LogP contribution in [0.15, 0.2) is 18.6 Å². The van der Waals surface area contributed by atoms with Crippen molar-refractivity contribution >= 4 is 11.8 Å². The van der Waals surface area contributed by atoms with Gasteiger partial charge in [0.2, 0.25) is 0 Å². The van der Waals surface area contributed by atoms with Gasteiger partial charge in [-0.2, -0.15) is 5.10 Å². The molecule has 2 aromatic heterocycles. The molecule has 2 amide bonds. The smallest absolute Gasteiger partial charge is 0.276 e. The molecule has 0 aliphatic carbocycles. The second-order valence-electron chi connectivity index (χ2n) is 7.57. The van der Waals surface area contributed by atoms with Crippen molar-refractivity contribution in [3.8, 4) is 0 Å². The van der Waals surface area contributed by atoms with Gasteiger partial charge >= 0.3 is 0 Å². The van der Waals surface area contributed by atoms with Crippen molar-refractivity contribution in [2.24, 2.45) is 5.92 Å². The molecular weight excluding hydrogens is 374 g/mol. The van der Waals surface area contributed by atoms with Crippen LogP contribution in [0.2, 0.25) is 0 Å². The lowest BCUT2D eigenvalue weighted by atomic mass is 9.97. The summed E-state index contributed by atoms with van der Waals surface area (Å²) in [4.78, 5) is 28.9. The highest BCUT2D eigenvalue weighted by molar-refractivity contribution is 5.93. The van der Waals surface area contributed by atoms with E-state index in [0.717, 1.165) is 25.9 Å². The average molecular weight is 401 g/mol. The number of hydrogen-bond donors (Lipinski definition) is 0. The second kappa shape index (κ2) is 8.73. The van der Waals surface area contributed by atoms with Gasteiger partial charge in [0.05, 0.1) is 31.2 Å². The molecule has 0 bridgehead atoms. The Balaban J connectivity index is 1.35. The number of nitrogens with zero attached hydrogens (tertiary/aromatic N) is 7. The molecule has 2 fully saturated rings. The number of morpholine rings is 1. The Hall–Kier alpha value is -2.75. The van der Waals surface area contributed by atoms with E-state index in [0.29, 0.717) is 50.7 Å². The van der Waals surface area contributed by atoms with E-state index >= 15 is 0 Å². The van der Waals surface area contributed by atoms with Crippen LogP contribution in [0.4, 0.5) is 0 Å². The van der Waals surface area contributed by atoms with E-state index < -0.39 is 0 Å². The topological polar surface area (TPSA) is 98.4 Å². The predicted molar refractivity (Wildman–Crippen MR) is 103 cm³/mol. The van der Waals surface area contributed by atoms with Gasteiger partial charge in [0.25, 0.3) is 11.8 Å². The molecule has 0 aromatic carbocycles. The molecule has 2 aromatic rings. The fraction of sp³-hybridized carbons (Fsp3) is 0.632. The van der Waals surface area contributed by atoms with E-state index in [-0.39, 0.29) is 17.7 Å². The van der Waals surface area contributed by atoms with Crippen LogP contribution in [0.25, 0.3) is 0 Å². The zero-order chi connectivity index (χ0) is 20.2. The number of aryl methyl sites for hydroxylation is 1. The average Bonchev–Trinajstić information content (AvgIpc) is 3.43. The first-order valence-corrected chi connectivity index (χ1v) is 10.2. The fourth-order valence-electron chi connectivity index (χ4n) is 3.91. The lowest BCUT2D eigenvalue weighted by Crippen LogP contribution is -2.41. The summed E-state index contributed by atoms with van der Waals surface area (Å²) in [6.45, 7) is 7.09. The maximum Gasteiger partial charge on any atom is 0.276 e. The summed E-state index contributed by atoms with van der Waals surface area (Å²) in [5.74, 6) is 0.200. The van der Waals surface area contributed by atoms with Crippen LogP contribution < -0.4 is 0 Å². The van der Waals surface area contributed by atoms with Gasteiger partial charge in [-0.3, -0.25) is 19.0 Å². The molecule has 0 radical (unpaired) electrons. The van der Waals surface area contributed by atoms with Crippen molar-refractivity contribution in [2.45, 2.75) is 32.9 Å². The van der Waals surface area contributed by atoms with Crippen molar-refractivity contribution < 1.29 is 14.3 Å². The Morgan fingerprint density at radius 1 is 1.10 bits per heavy atom. The third-order valence-corrected chi connectivity index (χ3v) is 5.51. The van der Waals surface area contributed by atoms with Gasteiger partial charge in [-0.15, -0.1) is 5.10 Å². The number of amides is 2. The van der Waals surface area contributed by atoms with E-state index in [4.69, 9.17) is 4.74 Å². The third kappa shape index (κ3) is 4.47. The van der Waals surface area contributed by atoms with Crippen LogP contribution in [0.3, 0.4) is 0 Å². The number of hydrogen-bond acceptors (Lipinski definition) is 6. The molecule has 4 heterocycles. The number of piperidine rings is 1. The first-order chi connectivity index (χ1) is 14.1. The number of carbonyl (C=O) groups excluding carboxylic acids is 2. The number of aromatic nitrogens is 5. The van der Waals surface area contributed by atoms with Crippen LogP contribution in [-0.4, -0.2) is 85.8 Å². The molecule has 1 atom stereocenters.